The van der Waals surface area contributed by atoms with Gasteiger partial charge in [0, 0.05) is 28.8 Å². The van der Waals surface area contributed by atoms with Crippen LogP contribution in [-0.2, 0) is 11.3 Å². The third kappa shape index (κ3) is 4.94. The van der Waals surface area contributed by atoms with Crippen LogP contribution in [0, 0.1) is 0 Å². The number of rotatable bonds is 7. The van der Waals surface area contributed by atoms with Gasteiger partial charge in [0.2, 0.25) is 0 Å². The number of nitrogens with two attached hydrogens (primary N) is 1. The summed E-state index contributed by atoms with van der Waals surface area (Å²) >= 11 is 0. The average molecular weight is 397 g/mol. The number of methoxy groups -OCH3 is 1. The molecule has 7 heteroatoms. The Labute approximate surface area is 168 Å². The quantitative estimate of drug-likeness (QED) is 0.597. The van der Waals surface area contributed by atoms with Gasteiger partial charge in [-0.05, 0) is 38.1 Å². The van der Waals surface area contributed by atoms with Crippen molar-refractivity contribution < 1.29 is 24.0 Å². The van der Waals surface area contributed by atoms with Gasteiger partial charge < -0.3 is 19.2 Å². The number of carbonyl (C=O) groups is 1. The van der Waals surface area contributed by atoms with Crippen LogP contribution in [0.25, 0.3) is 11.0 Å². The van der Waals surface area contributed by atoms with E-state index in [-0.39, 0.29) is 12.6 Å². The Kier molecular flexibility index (Phi) is 6.51. The number of hydrogen-bond donors (Lipinski definition) is 2. The number of fused-ring (bicyclic) bond motifs is 1. The van der Waals surface area contributed by atoms with Crippen molar-refractivity contribution in [3.8, 4) is 5.75 Å². The van der Waals surface area contributed by atoms with Crippen LogP contribution in [0.2, 0.25) is 0 Å². The van der Waals surface area contributed by atoms with Crippen molar-refractivity contribution in [2.24, 2.45) is 0 Å². The van der Waals surface area contributed by atoms with E-state index in [2.05, 4.69) is 17.6 Å². The van der Waals surface area contributed by atoms with E-state index in [9.17, 15) is 9.59 Å². The Hall–Kier alpha value is -3.32. The monoisotopic (exact) mass is 397 g/mol. The van der Waals surface area contributed by atoms with Crippen molar-refractivity contribution in [2.45, 2.75) is 26.4 Å². The summed E-state index contributed by atoms with van der Waals surface area (Å²) < 4.78 is 15.6. The molecule has 2 aromatic carbocycles. The number of ether oxygens (including phenoxy) is 2. The summed E-state index contributed by atoms with van der Waals surface area (Å²) in [5, 5.41) is 5.57. The molecule has 0 radical (unpaired) electrons. The minimum Gasteiger partial charge on any atom is -0.496 e. The third-order valence-corrected chi connectivity index (χ3v) is 4.67. The Morgan fingerprint density at radius 1 is 1.21 bits per heavy atom. The summed E-state index contributed by atoms with van der Waals surface area (Å²) in [6.07, 6.45) is -0.552. The fraction of sp³-hybridized carbons (Fsp3) is 0.273. The first-order chi connectivity index (χ1) is 14.0. The standard InChI is InChI=1S/C22H24N2O5/c1-4-28-22(26)24-16-9-10-18-15(11-21(25)29-20(18)12-16)13-23-14(2)17-7-5-6-8-19(17)27-3/h5-12,14,23H,4,13H2,1-3H3,(H,24,26)/p+1/t14-/m1/s1. The van der Waals surface area contributed by atoms with Crippen LogP contribution in [-0.4, -0.2) is 19.8 Å². The molecule has 7 nitrogen and oxygen atoms in total. The molecule has 1 atom stereocenters. The van der Waals surface area contributed by atoms with Crippen molar-refractivity contribution in [1.29, 1.82) is 0 Å². The molecule has 0 bridgehead atoms. The lowest BCUT2D eigenvalue weighted by Gasteiger charge is -2.15. The van der Waals surface area contributed by atoms with E-state index in [1.54, 1.807) is 26.2 Å². The number of para-hydroxylation sites is 1. The van der Waals surface area contributed by atoms with Crippen molar-refractivity contribution in [1.82, 2.24) is 0 Å². The molecule has 152 valence electrons. The fourth-order valence-corrected chi connectivity index (χ4v) is 3.23. The van der Waals surface area contributed by atoms with E-state index in [1.807, 2.05) is 30.3 Å². The summed E-state index contributed by atoms with van der Waals surface area (Å²) in [4.78, 5) is 23.6. The first-order valence-electron chi connectivity index (χ1n) is 9.48. The number of amides is 1. The van der Waals surface area contributed by atoms with Crippen LogP contribution in [0.3, 0.4) is 0 Å². The summed E-state index contributed by atoms with van der Waals surface area (Å²) in [6.45, 7) is 4.69. The lowest BCUT2D eigenvalue weighted by atomic mass is 10.1. The molecule has 1 aromatic heterocycles. The largest absolute Gasteiger partial charge is 0.496 e. The highest BCUT2D eigenvalue weighted by atomic mass is 16.5. The maximum Gasteiger partial charge on any atom is 0.411 e. The molecule has 0 saturated heterocycles. The Morgan fingerprint density at radius 3 is 2.76 bits per heavy atom. The number of anilines is 1. The molecule has 0 unspecified atom stereocenters. The lowest BCUT2D eigenvalue weighted by molar-refractivity contribution is -0.707. The highest BCUT2D eigenvalue weighted by Gasteiger charge is 2.15. The van der Waals surface area contributed by atoms with Gasteiger partial charge >= 0.3 is 11.7 Å². The zero-order chi connectivity index (χ0) is 20.8. The zero-order valence-corrected chi connectivity index (χ0v) is 16.7. The Balaban J connectivity index is 1.82. The molecule has 0 spiro atoms. The number of hydrogen-bond acceptors (Lipinski definition) is 5. The maximum absolute atomic E-state index is 12.0. The van der Waals surface area contributed by atoms with E-state index in [0.29, 0.717) is 17.8 Å². The van der Waals surface area contributed by atoms with Crippen LogP contribution in [0.15, 0.2) is 57.7 Å². The fourth-order valence-electron chi connectivity index (χ4n) is 3.23. The molecule has 0 aliphatic rings. The number of carbonyl (C=O) groups excluding carboxylic acids is 1. The van der Waals surface area contributed by atoms with Crippen LogP contribution < -0.4 is 21.0 Å². The minimum atomic E-state index is -0.552. The van der Waals surface area contributed by atoms with E-state index < -0.39 is 11.7 Å². The second-order valence-electron chi connectivity index (χ2n) is 6.62. The van der Waals surface area contributed by atoms with Crippen LogP contribution in [0.4, 0.5) is 10.5 Å². The summed E-state index contributed by atoms with van der Waals surface area (Å²) in [5.41, 5.74) is 2.44. The first-order valence-corrected chi connectivity index (χ1v) is 9.48. The molecular formula is C22H25N2O5+. The smallest absolute Gasteiger partial charge is 0.411 e. The van der Waals surface area contributed by atoms with Gasteiger partial charge in [0.05, 0.1) is 19.3 Å². The average Bonchev–Trinajstić information content (AvgIpc) is 2.71. The number of nitrogens with one attached hydrogen (secondary N) is 1. The summed E-state index contributed by atoms with van der Waals surface area (Å²) in [6, 6.07) is 14.7. The van der Waals surface area contributed by atoms with Gasteiger partial charge in [0.1, 0.15) is 23.9 Å². The van der Waals surface area contributed by atoms with Gasteiger partial charge in [-0.25, -0.2) is 9.59 Å². The van der Waals surface area contributed by atoms with Crippen molar-refractivity contribution in [3.63, 3.8) is 0 Å². The Morgan fingerprint density at radius 2 is 2.00 bits per heavy atom. The molecule has 1 amide bonds. The first kappa shape index (κ1) is 20.4. The lowest BCUT2D eigenvalue weighted by Crippen LogP contribution is -2.83. The molecule has 0 saturated carbocycles. The molecule has 0 aliphatic carbocycles. The van der Waals surface area contributed by atoms with Gasteiger partial charge in [0.15, 0.2) is 0 Å². The van der Waals surface area contributed by atoms with E-state index in [0.717, 1.165) is 22.3 Å². The molecule has 29 heavy (non-hydrogen) atoms. The van der Waals surface area contributed by atoms with Crippen LogP contribution >= 0.6 is 0 Å². The second kappa shape index (κ2) is 9.25. The highest BCUT2D eigenvalue weighted by molar-refractivity contribution is 5.89. The Bertz CT molecular complexity index is 1060. The van der Waals surface area contributed by atoms with Crippen LogP contribution in [0.5, 0.6) is 5.75 Å². The molecular weight excluding hydrogens is 372 g/mol. The summed E-state index contributed by atoms with van der Waals surface area (Å²) in [5.74, 6) is 0.836. The topological polar surface area (TPSA) is 94.4 Å². The van der Waals surface area contributed by atoms with Gasteiger partial charge in [-0.15, -0.1) is 0 Å². The normalized spacial score (nSPS) is 11.8. The zero-order valence-electron chi connectivity index (χ0n) is 16.7. The van der Waals surface area contributed by atoms with Gasteiger partial charge in [-0.3, -0.25) is 5.32 Å². The van der Waals surface area contributed by atoms with Crippen molar-refractivity contribution >= 4 is 22.7 Å². The van der Waals surface area contributed by atoms with Gasteiger partial charge in [0.25, 0.3) is 0 Å². The molecule has 3 aromatic rings. The number of quaternary nitrogens is 1. The summed E-state index contributed by atoms with van der Waals surface area (Å²) in [7, 11) is 1.66. The van der Waals surface area contributed by atoms with E-state index >= 15 is 0 Å². The predicted octanol–water partition coefficient (Wildman–Crippen LogP) is 3.19. The molecule has 1 heterocycles. The predicted molar refractivity (Wildman–Crippen MR) is 110 cm³/mol. The third-order valence-electron chi connectivity index (χ3n) is 4.67. The van der Waals surface area contributed by atoms with Crippen molar-refractivity contribution in [3.05, 3.63) is 70.1 Å². The molecule has 3 rings (SSSR count). The SMILES string of the molecule is CCOC(=O)Nc1ccc2c(C[NH2+][C@H](C)c3ccccc3OC)cc(=O)oc2c1. The molecule has 0 fully saturated rings. The van der Waals surface area contributed by atoms with Crippen LogP contribution in [0.1, 0.15) is 31.0 Å². The highest BCUT2D eigenvalue weighted by Crippen LogP contribution is 2.23. The van der Waals surface area contributed by atoms with E-state index in [4.69, 9.17) is 13.9 Å². The number of benzene rings is 2. The van der Waals surface area contributed by atoms with Gasteiger partial charge in [-0.2, -0.15) is 0 Å². The molecule has 3 N–H and O–H groups in total. The second-order valence-corrected chi connectivity index (χ2v) is 6.62. The van der Waals surface area contributed by atoms with Crippen molar-refractivity contribution in [2.75, 3.05) is 19.0 Å². The van der Waals surface area contributed by atoms with Gasteiger partial charge in [-0.1, -0.05) is 12.1 Å². The minimum absolute atomic E-state index is 0.137. The van der Waals surface area contributed by atoms with E-state index in [1.165, 1.54) is 6.07 Å². The maximum atomic E-state index is 12.0. The molecule has 0 aliphatic heterocycles.